The van der Waals surface area contributed by atoms with E-state index in [-0.39, 0.29) is 22.3 Å². The second-order valence-electron chi connectivity index (χ2n) is 8.65. The number of urea groups is 1. The Hall–Kier alpha value is -3.24. The molecule has 1 fully saturated rings. The van der Waals surface area contributed by atoms with Gasteiger partial charge in [-0.1, -0.05) is 38.1 Å². The third-order valence-electron chi connectivity index (χ3n) is 5.46. The highest BCUT2D eigenvalue weighted by molar-refractivity contribution is 7.89. The number of nitrogens with zero attached hydrogens (tertiary/aromatic N) is 1. The van der Waals surface area contributed by atoms with Crippen LogP contribution < -0.4 is 10.6 Å². The summed E-state index contributed by atoms with van der Waals surface area (Å²) in [6.07, 6.45) is -0.320. The van der Waals surface area contributed by atoms with Gasteiger partial charge in [0.15, 0.2) is 6.10 Å². The topological polar surface area (TPSA) is 122 Å². The number of ether oxygens (including phenoxy) is 1. The highest BCUT2D eigenvalue weighted by Gasteiger charge is 2.32. The molecule has 0 radical (unpaired) electrons. The standard InChI is InChI=1S/C24H29N3O6S/c1-16-12-17(2)15-27(14-16)34(31,32)21-11-7-8-19(13-21)23(29)33-18(3)22(28)26-24(30)25-20-9-5-4-6-10-20/h4-11,13,16-18H,12,14-15H2,1-3H3,(H2,25,26,28,30). The predicted molar refractivity (Wildman–Crippen MR) is 127 cm³/mol. The summed E-state index contributed by atoms with van der Waals surface area (Å²) in [6.45, 7) is 6.18. The molecule has 0 bridgehead atoms. The molecule has 2 N–H and O–H groups in total. The molecule has 1 saturated heterocycles. The largest absolute Gasteiger partial charge is 0.449 e. The van der Waals surface area contributed by atoms with Crippen LogP contribution >= 0.6 is 0 Å². The third kappa shape index (κ3) is 6.42. The quantitative estimate of drug-likeness (QED) is 0.603. The zero-order valence-electron chi connectivity index (χ0n) is 19.4. The molecule has 3 atom stereocenters. The number of para-hydroxylation sites is 1. The Kier molecular flexibility index (Phi) is 8.06. The third-order valence-corrected chi connectivity index (χ3v) is 7.29. The molecule has 0 aliphatic carbocycles. The van der Waals surface area contributed by atoms with E-state index < -0.39 is 34.0 Å². The molecule has 1 aliphatic rings. The molecule has 0 aromatic heterocycles. The molecule has 0 spiro atoms. The van der Waals surface area contributed by atoms with E-state index in [1.807, 2.05) is 13.8 Å². The lowest BCUT2D eigenvalue weighted by Crippen LogP contribution is -2.42. The fraction of sp³-hybridized carbons (Fsp3) is 0.375. The van der Waals surface area contributed by atoms with E-state index in [9.17, 15) is 22.8 Å². The summed E-state index contributed by atoms with van der Waals surface area (Å²) in [4.78, 5) is 36.8. The number of imide groups is 1. The van der Waals surface area contributed by atoms with Crippen molar-refractivity contribution >= 4 is 33.6 Å². The Morgan fingerprint density at radius 3 is 2.29 bits per heavy atom. The summed E-state index contributed by atoms with van der Waals surface area (Å²) in [7, 11) is -3.78. The smallest absolute Gasteiger partial charge is 0.338 e. The number of rotatable bonds is 6. The lowest BCUT2D eigenvalue weighted by atomic mass is 9.94. The molecule has 2 aromatic carbocycles. The normalized spacial score (nSPS) is 19.6. The zero-order chi connectivity index (χ0) is 24.9. The molecule has 3 amide bonds. The highest BCUT2D eigenvalue weighted by atomic mass is 32.2. The fourth-order valence-electron chi connectivity index (χ4n) is 3.91. The van der Waals surface area contributed by atoms with E-state index in [2.05, 4.69) is 10.6 Å². The van der Waals surface area contributed by atoms with Crippen molar-refractivity contribution in [1.82, 2.24) is 9.62 Å². The van der Waals surface area contributed by atoms with Crippen LogP contribution in [0.4, 0.5) is 10.5 Å². The van der Waals surface area contributed by atoms with Gasteiger partial charge in [-0.2, -0.15) is 4.31 Å². The minimum Gasteiger partial charge on any atom is -0.449 e. The van der Waals surface area contributed by atoms with E-state index in [4.69, 9.17) is 4.74 Å². The van der Waals surface area contributed by atoms with Crippen molar-refractivity contribution in [2.75, 3.05) is 18.4 Å². The Labute approximate surface area is 199 Å². The maximum absolute atomic E-state index is 13.1. The summed E-state index contributed by atoms with van der Waals surface area (Å²) < 4.78 is 32.8. The average molecular weight is 488 g/mol. The van der Waals surface area contributed by atoms with Gasteiger partial charge in [-0.05, 0) is 55.5 Å². The van der Waals surface area contributed by atoms with Crippen LogP contribution in [0.2, 0.25) is 0 Å². The van der Waals surface area contributed by atoms with Gasteiger partial charge in [0.25, 0.3) is 5.91 Å². The van der Waals surface area contributed by atoms with Gasteiger partial charge in [0.1, 0.15) is 0 Å². The number of piperidine rings is 1. The number of amides is 3. The lowest BCUT2D eigenvalue weighted by molar-refractivity contribution is -0.127. The van der Waals surface area contributed by atoms with Crippen molar-refractivity contribution in [3.8, 4) is 0 Å². The summed E-state index contributed by atoms with van der Waals surface area (Å²) in [5.41, 5.74) is 0.487. The van der Waals surface area contributed by atoms with E-state index in [1.165, 1.54) is 35.5 Å². The first kappa shape index (κ1) is 25.4. The van der Waals surface area contributed by atoms with Gasteiger partial charge in [0, 0.05) is 18.8 Å². The van der Waals surface area contributed by atoms with Gasteiger partial charge < -0.3 is 10.1 Å². The number of anilines is 1. The second kappa shape index (κ2) is 10.8. The highest BCUT2D eigenvalue weighted by Crippen LogP contribution is 2.27. The maximum atomic E-state index is 13.1. The van der Waals surface area contributed by atoms with E-state index in [0.29, 0.717) is 18.8 Å². The van der Waals surface area contributed by atoms with Crippen LogP contribution in [0.15, 0.2) is 59.5 Å². The van der Waals surface area contributed by atoms with Crippen LogP contribution in [-0.2, 0) is 19.6 Å². The van der Waals surface area contributed by atoms with Crippen molar-refractivity contribution < 1.29 is 27.5 Å². The van der Waals surface area contributed by atoms with Crippen LogP contribution in [0.5, 0.6) is 0 Å². The molecule has 1 heterocycles. The van der Waals surface area contributed by atoms with Gasteiger partial charge in [0.05, 0.1) is 10.5 Å². The fourth-order valence-corrected chi connectivity index (χ4v) is 5.64. The molecule has 1 aliphatic heterocycles. The Bertz CT molecular complexity index is 1140. The number of carbonyl (C=O) groups excluding carboxylic acids is 3. The van der Waals surface area contributed by atoms with Gasteiger partial charge in [-0.15, -0.1) is 0 Å². The van der Waals surface area contributed by atoms with Crippen LogP contribution in [0.1, 0.15) is 37.6 Å². The number of benzene rings is 2. The first-order valence-corrected chi connectivity index (χ1v) is 12.5. The number of sulfonamides is 1. The summed E-state index contributed by atoms with van der Waals surface area (Å²) in [5, 5.41) is 4.59. The molecule has 3 unspecified atom stereocenters. The summed E-state index contributed by atoms with van der Waals surface area (Å²) in [5.74, 6) is -1.21. The molecular formula is C24H29N3O6S. The Morgan fingerprint density at radius 2 is 1.65 bits per heavy atom. The molecule has 2 aromatic rings. The summed E-state index contributed by atoms with van der Waals surface area (Å²) >= 11 is 0. The van der Waals surface area contributed by atoms with Crippen LogP contribution in [-0.4, -0.2) is 49.8 Å². The van der Waals surface area contributed by atoms with Gasteiger partial charge in [-0.3, -0.25) is 10.1 Å². The number of esters is 1. The molecule has 3 rings (SSSR count). The van der Waals surface area contributed by atoms with Crippen molar-refractivity contribution in [3.05, 3.63) is 60.2 Å². The van der Waals surface area contributed by atoms with Crippen LogP contribution in [0.3, 0.4) is 0 Å². The van der Waals surface area contributed by atoms with Crippen molar-refractivity contribution in [2.45, 2.75) is 38.2 Å². The van der Waals surface area contributed by atoms with E-state index >= 15 is 0 Å². The number of hydrogen-bond acceptors (Lipinski definition) is 6. The van der Waals surface area contributed by atoms with Gasteiger partial charge in [-0.25, -0.2) is 18.0 Å². The number of nitrogens with one attached hydrogen (secondary N) is 2. The predicted octanol–water partition coefficient (Wildman–Crippen LogP) is 3.25. The summed E-state index contributed by atoms with van der Waals surface area (Å²) in [6, 6.07) is 13.3. The van der Waals surface area contributed by atoms with Gasteiger partial charge in [0.2, 0.25) is 10.0 Å². The maximum Gasteiger partial charge on any atom is 0.338 e. The van der Waals surface area contributed by atoms with E-state index in [1.54, 1.807) is 30.3 Å². The minimum absolute atomic E-state index is 0.00688. The van der Waals surface area contributed by atoms with Crippen molar-refractivity contribution in [1.29, 1.82) is 0 Å². The average Bonchev–Trinajstić information content (AvgIpc) is 2.79. The van der Waals surface area contributed by atoms with Crippen molar-refractivity contribution in [2.24, 2.45) is 11.8 Å². The lowest BCUT2D eigenvalue weighted by Gasteiger charge is -2.34. The zero-order valence-corrected chi connectivity index (χ0v) is 20.2. The minimum atomic E-state index is -3.78. The molecular weight excluding hydrogens is 458 g/mol. The number of hydrogen-bond donors (Lipinski definition) is 2. The van der Waals surface area contributed by atoms with Crippen molar-refractivity contribution in [3.63, 3.8) is 0 Å². The Balaban J connectivity index is 1.63. The molecule has 10 heteroatoms. The van der Waals surface area contributed by atoms with Gasteiger partial charge >= 0.3 is 12.0 Å². The first-order valence-electron chi connectivity index (χ1n) is 11.0. The van der Waals surface area contributed by atoms with Crippen LogP contribution in [0, 0.1) is 11.8 Å². The van der Waals surface area contributed by atoms with E-state index in [0.717, 1.165) is 6.42 Å². The molecule has 9 nitrogen and oxygen atoms in total. The Morgan fingerprint density at radius 1 is 1.00 bits per heavy atom. The molecule has 182 valence electrons. The molecule has 0 saturated carbocycles. The molecule has 34 heavy (non-hydrogen) atoms. The van der Waals surface area contributed by atoms with Crippen LogP contribution in [0.25, 0.3) is 0 Å². The monoisotopic (exact) mass is 487 g/mol. The SMILES string of the molecule is CC1CC(C)CN(S(=O)(=O)c2cccc(C(=O)OC(C)C(=O)NC(=O)Nc3ccccc3)c2)C1. The second-order valence-corrected chi connectivity index (χ2v) is 10.6. The number of carbonyl (C=O) groups is 3. The first-order chi connectivity index (χ1) is 16.1.